The van der Waals surface area contributed by atoms with Gasteiger partial charge in [0.1, 0.15) is 29.7 Å². The van der Waals surface area contributed by atoms with Crippen LogP contribution in [0.1, 0.15) is 121 Å². The summed E-state index contributed by atoms with van der Waals surface area (Å²) in [5.41, 5.74) is 18.2. The molecule has 0 aromatic heterocycles. The number of nitrogens with zero attached hydrogens (tertiary/aromatic N) is 3. The van der Waals surface area contributed by atoms with Gasteiger partial charge in [0.15, 0.2) is 5.96 Å². The van der Waals surface area contributed by atoms with Gasteiger partial charge in [-0.1, -0.05) is 63.3 Å². The molecule has 1 saturated carbocycles. The number of carbonyl (C=O) groups is 6. The van der Waals surface area contributed by atoms with Crippen LogP contribution in [0.2, 0.25) is 0 Å². The molecule has 1 spiro atoms. The van der Waals surface area contributed by atoms with Crippen molar-refractivity contribution in [1.29, 1.82) is 0 Å². The van der Waals surface area contributed by atoms with Crippen molar-refractivity contribution in [3.63, 3.8) is 0 Å². The first-order chi connectivity index (χ1) is 27.9. The van der Waals surface area contributed by atoms with E-state index in [9.17, 15) is 28.8 Å². The Balaban J connectivity index is 1.39. The van der Waals surface area contributed by atoms with Crippen LogP contribution in [0.5, 0.6) is 0 Å². The number of hydrogen-bond donors (Lipinski definition) is 7. The average Bonchev–Trinajstić information content (AvgIpc) is 3.89. The third-order valence-corrected chi connectivity index (χ3v) is 12.3. The molecule has 6 amide bonds. The fraction of sp³-hybridized carbons (Fsp3) is 0.690. The van der Waals surface area contributed by atoms with Crippen molar-refractivity contribution >= 4 is 41.4 Å². The highest BCUT2D eigenvalue weighted by Gasteiger charge is 2.49. The van der Waals surface area contributed by atoms with Gasteiger partial charge in [-0.15, -0.1) is 0 Å². The normalized spacial score (nSPS) is 27.1. The van der Waals surface area contributed by atoms with Crippen LogP contribution in [0.15, 0.2) is 29.3 Å². The van der Waals surface area contributed by atoms with Gasteiger partial charge < -0.3 is 48.3 Å². The van der Waals surface area contributed by atoms with E-state index in [1.165, 1.54) is 4.90 Å². The first-order valence-corrected chi connectivity index (χ1v) is 21.6. The molecule has 1 aliphatic carbocycles. The Hall–Kier alpha value is -4.73. The summed E-state index contributed by atoms with van der Waals surface area (Å²) >= 11 is 0. The Morgan fingerprint density at radius 3 is 2.05 bits per heavy atom. The van der Waals surface area contributed by atoms with Crippen LogP contribution in [0.4, 0.5) is 0 Å². The number of fused-ring (bicyclic) bond motifs is 2. The average molecular weight is 807 g/mol. The summed E-state index contributed by atoms with van der Waals surface area (Å²) in [6, 6.07) is 3.69. The number of rotatable bonds is 7. The second-order valence-electron chi connectivity index (χ2n) is 16.5. The third-order valence-electron chi connectivity index (χ3n) is 12.3. The molecule has 0 radical (unpaired) electrons. The Kier molecular flexibility index (Phi) is 16.3. The lowest BCUT2D eigenvalue weighted by Gasteiger charge is -2.43. The molecule has 1 aromatic carbocycles. The minimum atomic E-state index is -1.28. The van der Waals surface area contributed by atoms with Crippen molar-refractivity contribution in [2.75, 3.05) is 26.2 Å². The number of nitrogens with two attached hydrogens (primary N) is 3. The molecule has 4 aliphatic rings. The molecule has 320 valence electrons. The first-order valence-electron chi connectivity index (χ1n) is 21.6. The van der Waals surface area contributed by atoms with Gasteiger partial charge in [-0.2, -0.15) is 0 Å². The molecule has 0 bridgehead atoms. The molecule has 3 aliphatic heterocycles. The fourth-order valence-electron chi connectivity index (χ4n) is 8.67. The van der Waals surface area contributed by atoms with Gasteiger partial charge in [0.25, 0.3) is 0 Å². The van der Waals surface area contributed by atoms with Crippen LogP contribution in [0, 0.1) is 0 Å². The SMILES string of the molecule is CCc1cccc(C[C@@H]2NC(=O)[C@@H](N)CCCCCCCCNC(=O)[C@@H]3CCCN3C(=O)[C@H](CCCN=C(N)N)NC(=O)C3(CCC3)NC(=O)[C@@H]3CCCN3C2=O)c1. The highest BCUT2D eigenvalue weighted by Crippen LogP contribution is 2.34. The molecule has 16 heteroatoms. The summed E-state index contributed by atoms with van der Waals surface area (Å²) < 4.78 is 0. The number of benzene rings is 1. The zero-order valence-electron chi connectivity index (χ0n) is 34.3. The summed E-state index contributed by atoms with van der Waals surface area (Å²) in [5.74, 6) is -2.36. The lowest BCUT2D eigenvalue weighted by atomic mass is 9.75. The van der Waals surface area contributed by atoms with E-state index < -0.39 is 53.5 Å². The molecular weight excluding hydrogens is 741 g/mol. The van der Waals surface area contributed by atoms with Crippen molar-refractivity contribution in [3.8, 4) is 0 Å². The molecule has 5 atom stereocenters. The third kappa shape index (κ3) is 11.7. The van der Waals surface area contributed by atoms with E-state index in [-0.39, 0.29) is 43.1 Å². The second kappa shape index (κ2) is 21.3. The van der Waals surface area contributed by atoms with Crippen LogP contribution in [-0.4, -0.2) is 113 Å². The molecule has 0 unspecified atom stereocenters. The second-order valence-corrected chi connectivity index (χ2v) is 16.5. The summed E-state index contributed by atoms with van der Waals surface area (Å²) in [6.07, 6.45) is 11.0. The quantitative estimate of drug-likeness (QED) is 0.118. The predicted molar refractivity (Wildman–Crippen MR) is 221 cm³/mol. The Bertz CT molecular complexity index is 1650. The largest absolute Gasteiger partial charge is 0.370 e. The number of amides is 6. The maximum absolute atomic E-state index is 14.4. The lowest BCUT2D eigenvalue weighted by molar-refractivity contribution is -0.146. The van der Waals surface area contributed by atoms with Gasteiger partial charge in [-0.3, -0.25) is 33.8 Å². The van der Waals surface area contributed by atoms with Crippen LogP contribution >= 0.6 is 0 Å². The topological polar surface area (TPSA) is 247 Å². The van der Waals surface area contributed by atoms with Crippen LogP contribution in [0.3, 0.4) is 0 Å². The van der Waals surface area contributed by atoms with E-state index in [0.29, 0.717) is 77.4 Å². The smallest absolute Gasteiger partial charge is 0.246 e. The maximum atomic E-state index is 14.4. The van der Waals surface area contributed by atoms with Crippen molar-refractivity contribution in [1.82, 2.24) is 31.1 Å². The number of nitrogens with one attached hydrogen (secondary N) is 4. The fourth-order valence-corrected chi connectivity index (χ4v) is 8.67. The van der Waals surface area contributed by atoms with E-state index >= 15 is 0 Å². The minimum absolute atomic E-state index is 0.0787. The molecule has 16 nitrogen and oxygen atoms in total. The number of carbonyl (C=O) groups excluding carboxylic acids is 6. The molecule has 3 saturated heterocycles. The molecular formula is C42H66N10O6. The standard InChI is InChI=1S/C42H66N10O6/c1-2-28-14-9-15-29(26-28)27-32-39(57)52-25-12-19-34(52)37(55)50-42(20-13-21-42)40(58)49-31(17-10-23-47-41(44)45)38(56)51-24-11-18-33(51)36(54)46-22-8-6-4-3-5-7-16-30(43)35(53)48-32/h9,14-15,26,30-34H,2-8,10-13,16-25,27,43H2,1H3,(H,46,54)(H,48,53)(H,49,58)(H,50,55)(H4,44,45,47)/t30-,31-,32-,33-,34-/m0/s1. The molecule has 3 heterocycles. The number of guanidine groups is 1. The predicted octanol–water partition coefficient (Wildman–Crippen LogP) is 1.02. The Labute approximate surface area is 342 Å². The first kappa shape index (κ1) is 44.4. The van der Waals surface area contributed by atoms with E-state index in [1.807, 2.05) is 24.3 Å². The summed E-state index contributed by atoms with van der Waals surface area (Å²) in [7, 11) is 0. The lowest BCUT2D eigenvalue weighted by Crippen LogP contribution is -2.67. The Morgan fingerprint density at radius 1 is 0.759 bits per heavy atom. The molecule has 5 rings (SSSR count). The molecule has 1 aromatic rings. The molecule has 4 fully saturated rings. The van der Waals surface area contributed by atoms with Crippen molar-refractivity contribution in [2.24, 2.45) is 22.2 Å². The van der Waals surface area contributed by atoms with E-state index in [0.717, 1.165) is 56.1 Å². The van der Waals surface area contributed by atoms with Crippen LogP contribution in [-0.2, 0) is 41.6 Å². The van der Waals surface area contributed by atoms with E-state index in [1.54, 1.807) is 4.90 Å². The van der Waals surface area contributed by atoms with Gasteiger partial charge in [-0.25, -0.2) is 0 Å². The highest BCUT2D eigenvalue weighted by molar-refractivity contribution is 5.99. The number of aryl methyl sites for hydroxylation is 1. The summed E-state index contributed by atoms with van der Waals surface area (Å²) in [6.45, 7) is 3.50. The minimum Gasteiger partial charge on any atom is -0.370 e. The highest BCUT2D eigenvalue weighted by atomic mass is 16.2. The maximum Gasteiger partial charge on any atom is 0.246 e. The van der Waals surface area contributed by atoms with E-state index in [4.69, 9.17) is 17.2 Å². The van der Waals surface area contributed by atoms with Crippen molar-refractivity contribution in [2.45, 2.75) is 158 Å². The van der Waals surface area contributed by atoms with Crippen molar-refractivity contribution < 1.29 is 28.8 Å². The number of hydrogen-bond acceptors (Lipinski definition) is 8. The zero-order valence-corrected chi connectivity index (χ0v) is 34.3. The van der Waals surface area contributed by atoms with Gasteiger partial charge in [0.2, 0.25) is 35.4 Å². The molecule has 58 heavy (non-hydrogen) atoms. The summed E-state index contributed by atoms with van der Waals surface area (Å²) in [4.78, 5) is 91.0. The Morgan fingerprint density at radius 2 is 1.40 bits per heavy atom. The monoisotopic (exact) mass is 807 g/mol. The van der Waals surface area contributed by atoms with Gasteiger partial charge >= 0.3 is 0 Å². The van der Waals surface area contributed by atoms with Gasteiger partial charge in [0.05, 0.1) is 6.04 Å². The number of aliphatic imine (C=N–C) groups is 1. The zero-order chi connectivity index (χ0) is 41.7. The summed E-state index contributed by atoms with van der Waals surface area (Å²) in [5, 5.41) is 11.9. The van der Waals surface area contributed by atoms with Crippen molar-refractivity contribution in [3.05, 3.63) is 35.4 Å². The van der Waals surface area contributed by atoms with Gasteiger partial charge in [-0.05, 0) is 88.2 Å². The van der Waals surface area contributed by atoms with Crippen LogP contribution in [0.25, 0.3) is 0 Å². The molecule has 10 N–H and O–H groups in total. The van der Waals surface area contributed by atoms with E-state index in [2.05, 4.69) is 33.2 Å². The van der Waals surface area contributed by atoms with Gasteiger partial charge in [0, 0.05) is 32.6 Å². The van der Waals surface area contributed by atoms with Crippen LogP contribution < -0.4 is 38.5 Å².